The van der Waals surface area contributed by atoms with Crippen molar-refractivity contribution in [1.82, 2.24) is 19.3 Å². The molecule has 2 N–H and O–H groups in total. The van der Waals surface area contributed by atoms with E-state index in [4.69, 9.17) is 5.73 Å². The monoisotopic (exact) mass is 247 g/mol. The number of hydrogen-bond acceptors (Lipinski definition) is 3. The van der Waals surface area contributed by atoms with Gasteiger partial charge >= 0.3 is 0 Å². The molecule has 2 aromatic heterocycles. The normalized spacial score (nSPS) is 12.9. The number of hydrogen-bond donors (Lipinski definition) is 1. The summed E-state index contributed by atoms with van der Waals surface area (Å²) in [6.45, 7) is 5.10. The topological polar surface area (TPSA) is 61.7 Å². The highest BCUT2D eigenvalue weighted by Gasteiger charge is 2.14. The molecule has 0 spiro atoms. The maximum absolute atomic E-state index is 6.24. The standard InChI is InChI=1S/C13H21N5/c1-4-10-6-11(18(5-2)16-10)7-12(14)13-8-15-9-17(13)3/h6,8-9,12H,4-5,7,14H2,1-3H3. The first-order valence-corrected chi connectivity index (χ1v) is 6.43. The Balaban J connectivity index is 2.18. The van der Waals surface area contributed by atoms with Gasteiger partial charge in [0.2, 0.25) is 0 Å². The predicted octanol–water partition coefficient (Wildman–Crippen LogP) is 1.44. The second kappa shape index (κ2) is 5.35. The van der Waals surface area contributed by atoms with Gasteiger partial charge in [0, 0.05) is 31.9 Å². The minimum Gasteiger partial charge on any atom is -0.336 e. The Hall–Kier alpha value is -1.62. The van der Waals surface area contributed by atoms with Crippen LogP contribution < -0.4 is 5.73 Å². The van der Waals surface area contributed by atoms with E-state index in [0.29, 0.717) is 0 Å². The summed E-state index contributed by atoms with van der Waals surface area (Å²) in [6.07, 6.45) is 5.36. The van der Waals surface area contributed by atoms with E-state index in [2.05, 4.69) is 30.0 Å². The molecule has 2 heterocycles. The highest BCUT2D eigenvalue weighted by molar-refractivity contribution is 5.15. The quantitative estimate of drug-likeness (QED) is 0.869. The molecule has 0 bridgehead atoms. The Kier molecular flexibility index (Phi) is 3.81. The minimum atomic E-state index is -0.0378. The third kappa shape index (κ3) is 2.46. The summed E-state index contributed by atoms with van der Waals surface area (Å²) in [5.41, 5.74) is 9.62. The Morgan fingerprint density at radius 2 is 2.17 bits per heavy atom. The van der Waals surface area contributed by atoms with Crippen molar-refractivity contribution < 1.29 is 0 Å². The van der Waals surface area contributed by atoms with Crippen LogP contribution in [0.2, 0.25) is 0 Å². The second-order valence-electron chi connectivity index (χ2n) is 4.54. The maximum atomic E-state index is 6.24. The second-order valence-corrected chi connectivity index (χ2v) is 4.54. The molecular weight excluding hydrogens is 226 g/mol. The van der Waals surface area contributed by atoms with Gasteiger partial charge in [-0.2, -0.15) is 5.10 Å². The molecule has 18 heavy (non-hydrogen) atoms. The molecule has 1 unspecified atom stereocenters. The molecule has 5 heteroatoms. The summed E-state index contributed by atoms with van der Waals surface area (Å²) in [6, 6.07) is 2.11. The van der Waals surface area contributed by atoms with Crippen molar-refractivity contribution in [2.24, 2.45) is 12.8 Å². The lowest BCUT2D eigenvalue weighted by Gasteiger charge is -2.12. The first kappa shape index (κ1) is 12.8. The van der Waals surface area contributed by atoms with Gasteiger partial charge in [0.15, 0.2) is 0 Å². The highest BCUT2D eigenvalue weighted by atomic mass is 15.3. The summed E-state index contributed by atoms with van der Waals surface area (Å²) >= 11 is 0. The summed E-state index contributed by atoms with van der Waals surface area (Å²) in [5.74, 6) is 0. The Morgan fingerprint density at radius 3 is 2.72 bits per heavy atom. The Bertz CT molecular complexity index is 511. The third-order valence-corrected chi connectivity index (χ3v) is 3.24. The van der Waals surface area contributed by atoms with Crippen LogP contribution in [0.3, 0.4) is 0 Å². The van der Waals surface area contributed by atoms with Gasteiger partial charge in [0.05, 0.1) is 23.8 Å². The first-order chi connectivity index (χ1) is 8.65. The van der Waals surface area contributed by atoms with Crippen LogP contribution >= 0.6 is 0 Å². The molecular formula is C13H21N5. The number of aromatic nitrogens is 4. The molecule has 0 aromatic carbocycles. The van der Waals surface area contributed by atoms with Crippen molar-refractivity contribution in [2.75, 3.05) is 0 Å². The van der Waals surface area contributed by atoms with Gasteiger partial charge in [-0.3, -0.25) is 4.68 Å². The lowest BCUT2D eigenvalue weighted by Crippen LogP contribution is -2.18. The largest absolute Gasteiger partial charge is 0.336 e. The summed E-state index contributed by atoms with van der Waals surface area (Å²) < 4.78 is 4.01. The van der Waals surface area contributed by atoms with E-state index < -0.39 is 0 Å². The van der Waals surface area contributed by atoms with E-state index in [9.17, 15) is 0 Å². The molecule has 0 amide bonds. The van der Waals surface area contributed by atoms with Crippen molar-refractivity contribution in [3.63, 3.8) is 0 Å². The number of nitrogens with zero attached hydrogens (tertiary/aromatic N) is 4. The van der Waals surface area contributed by atoms with Crippen LogP contribution in [0.25, 0.3) is 0 Å². The van der Waals surface area contributed by atoms with Crippen LogP contribution in [-0.2, 0) is 26.4 Å². The molecule has 2 aromatic rings. The smallest absolute Gasteiger partial charge is 0.0946 e. The molecule has 0 aliphatic rings. The van der Waals surface area contributed by atoms with E-state index in [1.807, 2.05) is 22.5 Å². The number of imidazole rings is 1. The maximum Gasteiger partial charge on any atom is 0.0946 e. The van der Waals surface area contributed by atoms with E-state index in [1.165, 1.54) is 5.69 Å². The molecule has 0 aliphatic heterocycles. The van der Waals surface area contributed by atoms with Crippen LogP contribution in [0, 0.1) is 0 Å². The SMILES string of the molecule is CCc1cc(CC(N)c2cncn2C)n(CC)n1. The van der Waals surface area contributed by atoms with E-state index in [1.54, 1.807) is 6.33 Å². The van der Waals surface area contributed by atoms with E-state index >= 15 is 0 Å². The molecule has 98 valence electrons. The summed E-state index contributed by atoms with van der Waals surface area (Å²) in [7, 11) is 1.97. The van der Waals surface area contributed by atoms with Crippen LogP contribution in [0.15, 0.2) is 18.6 Å². The zero-order valence-corrected chi connectivity index (χ0v) is 11.3. The fourth-order valence-corrected chi connectivity index (χ4v) is 2.18. The third-order valence-electron chi connectivity index (χ3n) is 3.24. The highest BCUT2D eigenvalue weighted by Crippen LogP contribution is 2.16. The van der Waals surface area contributed by atoms with Gasteiger partial charge in [-0.1, -0.05) is 6.92 Å². The fourth-order valence-electron chi connectivity index (χ4n) is 2.18. The average molecular weight is 247 g/mol. The Labute approximate surface area is 108 Å². The summed E-state index contributed by atoms with van der Waals surface area (Å²) in [4.78, 5) is 4.11. The zero-order chi connectivity index (χ0) is 13.1. The fraction of sp³-hybridized carbons (Fsp3) is 0.538. The van der Waals surface area contributed by atoms with Gasteiger partial charge in [-0.05, 0) is 19.4 Å². The van der Waals surface area contributed by atoms with Gasteiger partial charge in [0.25, 0.3) is 0 Å². The van der Waals surface area contributed by atoms with Crippen LogP contribution in [0.1, 0.15) is 37.0 Å². The van der Waals surface area contributed by atoms with Gasteiger partial charge in [-0.25, -0.2) is 4.98 Å². The van der Waals surface area contributed by atoms with E-state index in [-0.39, 0.29) is 6.04 Å². The first-order valence-electron chi connectivity index (χ1n) is 6.43. The van der Waals surface area contributed by atoms with Gasteiger partial charge in [0.1, 0.15) is 0 Å². The number of rotatable bonds is 5. The van der Waals surface area contributed by atoms with Crippen LogP contribution in [0.4, 0.5) is 0 Å². The molecule has 2 rings (SSSR count). The zero-order valence-electron chi connectivity index (χ0n) is 11.3. The van der Waals surface area contributed by atoms with Crippen LogP contribution in [-0.4, -0.2) is 19.3 Å². The summed E-state index contributed by atoms with van der Waals surface area (Å²) in [5, 5.41) is 4.54. The molecule has 0 saturated carbocycles. The number of nitrogens with two attached hydrogens (primary N) is 1. The minimum absolute atomic E-state index is 0.0378. The lowest BCUT2D eigenvalue weighted by molar-refractivity contribution is 0.572. The van der Waals surface area contributed by atoms with Crippen molar-refractivity contribution >= 4 is 0 Å². The number of aryl methyl sites for hydroxylation is 3. The van der Waals surface area contributed by atoms with Gasteiger partial charge < -0.3 is 10.3 Å². The molecule has 0 radical (unpaired) electrons. The van der Waals surface area contributed by atoms with E-state index in [0.717, 1.165) is 30.8 Å². The molecule has 0 saturated heterocycles. The lowest BCUT2D eigenvalue weighted by atomic mass is 10.1. The predicted molar refractivity (Wildman–Crippen MR) is 71.1 cm³/mol. The van der Waals surface area contributed by atoms with Crippen molar-refractivity contribution in [3.05, 3.63) is 35.7 Å². The van der Waals surface area contributed by atoms with Crippen molar-refractivity contribution in [2.45, 2.75) is 39.3 Å². The van der Waals surface area contributed by atoms with Crippen molar-refractivity contribution in [1.29, 1.82) is 0 Å². The molecule has 5 nitrogen and oxygen atoms in total. The molecule has 0 fully saturated rings. The average Bonchev–Trinajstić information content (AvgIpc) is 2.95. The molecule has 0 aliphatic carbocycles. The van der Waals surface area contributed by atoms with Gasteiger partial charge in [-0.15, -0.1) is 0 Å². The molecule has 1 atom stereocenters. The Morgan fingerprint density at radius 1 is 1.39 bits per heavy atom. The van der Waals surface area contributed by atoms with Crippen LogP contribution in [0.5, 0.6) is 0 Å². The van der Waals surface area contributed by atoms with Crippen molar-refractivity contribution in [3.8, 4) is 0 Å².